The van der Waals surface area contributed by atoms with Crippen molar-refractivity contribution < 1.29 is 9.53 Å². The van der Waals surface area contributed by atoms with Crippen molar-refractivity contribution >= 4 is 45.0 Å². The molecule has 27 heavy (non-hydrogen) atoms. The van der Waals surface area contributed by atoms with Crippen LogP contribution in [0.3, 0.4) is 0 Å². The Bertz CT molecular complexity index is 914. The first kappa shape index (κ1) is 19.6. The second kappa shape index (κ2) is 8.71. The van der Waals surface area contributed by atoms with E-state index in [0.29, 0.717) is 17.5 Å². The molecule has 0 aromatic heterocycles. The van der Waals surface area contributed by atoms with Gasteiger partial charge in [-0.25, -0.2) is 0 Å². The minimum atomic E-state index is -0.164. The van der Waals surface area contributed by atoms with Crippen molar-refractivity contribution in [1.82, 2.24) is 4.90 Å². The highest BCUT2D eigenvalue weighted by Gasteiger charge is 2.35. The number of amidine groups is 1. The fourth-order valence-corrected chi connectivity index (χ4v) is 4.01. The fourth-order valence-electron chi connectivity index (χ4n) is 2.71. The number of methoxy groups -OCH3 is 1. The molecule has 0 saturated carbocycles. The normalized spacial score (nSPS) is 18.7. The number of benzene rings is 2. The maximum Gasteiger partial charge on any atom is 0.242 e. The van der Waals surface area contributed by atoms with E-state index in [4.69, 9.17) is 4.74 Å². The topological polar surface area (TPSA) is 54.3 Å². The fraction of sp³-hybridized carbons (Fsp3) is 0.250. The van der Waals surface area contributed by atoms with Crippen LogP contribution in [0.4, 0.5) is 0 Å². The number of nitrogens with zero attached hydrogens (tertiary/aromatic N) is 3. The molecule has 0 N–H and O–H groups in total. The summed E-state index contributed by atoms with van der Waals surface area (Å²) in [5.74, 6) is 0.764. The Balaban J connectivity index is 1.84. The van der Waals surface area contributed by atoms with Gasteiger partial charge in [-0.05, 0) is 43.2 Å². The molecule has 1 aliphatic heterocycles. The molecule has 2 aromatic carbocycles. The second-order valence-electron chi connectivity index (χ2n) is 6.12. The first-order valence-electron chi connectivity index (χ1n) is 8.46. The molecule has 140 valence electrons. The van der Waals surface area contributed by atoms with E-state index in [0.717, 1.165) is 21.2 Å². The summed E-state index contributed by atoms with van der Waals surface area (Å²) < 4.78 is 6.27. The molecule has 2 aromatic rings. The van der Waals surface area contributed by atoms with Crippen molar-refractivity contribution in [2.75, 3.05) is 7.11 Å². The zero-order valence-electron chi connectivity index (χ0n) is 15.3. The lowest BCUT2D eigenvalue weighted by Crippen LogP contribution is -2.31. The molecule has 1 saturated heterocycles. The van der Waals surface area contributed by atoms with E-state index in [2.05, 4.69) is 26.1 Å². The van der Waals surface area contributed by atoms with Gasteiger partial charge in [-0.3, -0.25) is 9.69 Å². The molecule has 1 aliphatic rings. The van der Waals surface area contributed by atoms with E-state index in [-0.39, 0.29) is 11.2 Å². The van der Waals surface area contributed by atoms with Gasteiger partial charge >= 0.3 is 0 Å². The minimum Gasteiger partial charge on any atom is -0.496 e. The lowest BCUT2D eigenvalue weighted by atomic mass is 10.1. The molecule has 0 spiro atoms. The highest BCUT2D eigenvalue weighted by atomic mass is 79.9. The molecule has 5 nitrogen and oxygen atoms in total. The van der Waals surface area contributed by atoms with E-state index >= 15 is 0 Å². The average Bonchev–Trinajstić information content (AvgIpc) is 2.91. The number of carbonyl (C=O) groups is 1. The molecule has 1 fully saturated rings. The number of aryl methyl sites for hydroxylation is 1. The van der Waals surface area contributed by atoms with Crippen molar-refractivity contribution in [2.45, 2.75) is 25.6 Å². The van der Waals surface area contributed by atoms with E-state index in [9.17, 15) is 4.79 Å². The van der Waals surface area contributed by atoms with Crippen LogP contribution in [0, 0.1) is 6.92 Å². The highest BCUT2D eigenvalue weighted by Crippen LogP contribution is 2.29. The molecular formula is C20H20BrN3O2S. The minimum absolute atomic E-state index is 0.0530. The predicted molar refractivity (Wildman–Crippen MR) is 115 cm³/mol. The highest BCUT2D eigenvalue weighted by molar-refractivity contribution is 9.10. The first-order valence-corrected chi connectivity index (χ1v) is 10.1. The summed E-state index contributed by atoms with van der Waals surface area (Å²) >= 11 is 4.87. The number of rotatable bonds is 5. The van der Waals surface area contributed by atoms with Crippen molar-refractivity contribution in [2.24, 2.45) is 10.2 Å². The Kier molecular flexibility index (Phi) is 6.34. The molecule has 1 atom stereocenters. The summed E-state index contributed by atoms with van der Waals surface area (Å²) in [7, 11) is 1.61. The van der Waals surface area contributed by atoms with Crippen molar-refractivity contribution in [3.8, 4) is 5.75 Å². The van der Waals surface area contributed by atoms with Gasteiger partial charge in [-0.2, -0.15) is 5.10 Å². The van der Waals surface area contributed by atoms with Gasteiger partial charge in [0.1, 0.15) is 5.75 Å². The number of halogens is 1. The Morgan fingerprint density at radius 2 is 2.07 bits per heavy atom. The summed E-state index contributed by atoms with van der Waals surface area (Å²) in [6, 6.07) is 13.7. The third-order valence-corrected chi connectivity index (χ3v) is 5.81. The summed E-state index contributed by atoms with van der Waals surface area (Å²) in [6.07, 6.45) is 1.64. The summed E-state index contributed by atoms with van der Waals surface area (Å²) in [5.41, 5.74) is 3.06. The smallest absolute Gasteiger partial charge is 0.242 e. The Morgan fingerprint density at radius 3 is 2.81 bits per heavy atom. The number of thioether (sulfide) groups is 1. The Morgan fingerprint density at radius 1 is 1.30 bits per heavy atom. The van der Waals surface area contributed by atoms with E-state index < -0.39 is 0 Å². The van der Waals surface area contributed by atoms with Crippen molar-refractivity contribution in [3.63, 3.8) is 0 Å². The standard InChI is InChI=1S/C20H20BrN3O2S/c1-13-6-4-5-7-15(13)12-24-19(25)14(2)27-20(24)23-22-11-16-10-17(21)8-9-18(16)26-3/h4-11,14H,12H2,1-3H3/b22-11-,23-20+/t14-/m1/s1. The summed E-state index contributed by atoms with van der Waals surface area (Å²) in [4.78, 5) is 14.3. The molecule has 0 aliphatic carbocycles. The lowest BCUT2D eigenvalue weighted by Gasteiger charge is -2.16. The number of hydrogen-bond donors (Lipinski definition) is 0. The maximum atomic E-state index is 12.6. The zero-order chi connectivity index (χ0) is 19.4. The molecule has 7 heteroatoms. The second-order valence-corrected chi connectivity index (χ2v) is 8.35. The first-order chi connectivity index (χ1) is 13.0. The van der Waals surface area contributed by atoms with E-state index in [1.807, 2.05) is 56.3 Å². The van der Waals surface area contributed by atoms with E-state index in [1.54, 1.807) is 18.2 Å². The molecule has 1 amide bonds. The largest absolute Gasteiger partial charge is 0.496 e. The Labute approximate surface area is 171 Å². The lowest BCUT2D eigenvalue weighted by molar-refractivity contribution is -0.126. The van der Waals surface area contributed by atoms with Gasteiger partial charge in [-0.1, -0.05) is 52.0 Å². The quantitative estimate of drug-likeness (QED) is 0.498. The van der Waals surface area contributed by atoms with Crippen LogP contribution in [0.1, 0.15) is 23.6 Å². The van der Waals surface area contributed by atoms with E-state index in [1.165, 1.54) is 11.8 Å². The van der Waals surface area contributed by atoms with Crippen LogP contribution in [0.15, 0.2) is 57.1 Å². The van der Waals surface area contributed by atoms with Gasteiger partial charge in [0.15, 0.2) is 5.17 Å². The van der Waals surface area contributed by atoms with Gasteiger partial charge in [0.05, 0.1) is 25.1 Å². The van der Waals surface area contributed by atoms with Crippen molar-refractivity contribution in [1.29, 1.82) is 0 Å². The number of carbonyl (C=O) groups excluding carboxylic acids is 1. The van der Waals surface area contributed by atoms with Gasteiger partial charge < -0.3 is 4.74 Å². The van der Waals surface area contributed by atoms with Crippen LogP contribution < -0.4 is 4.74 Å². The van der Waals surface area contributed by atoms with Crippen LogP contribution in [0.2, 0.25) is 0 Å². The molecule has 0 radical (unpaired) electrons. The number of ether oxygens (including phenoxy) is 1. The predicted octanol–water partition coefficient (Wildman–Crippen LogP) is 4.62. The summed E-state index contributed by atoms with van der Waals surface area (Å²) in [6.45, 7) is 4.43. The zero-order valence-corrected chi connectivity index (χ0v) is 17.8. The summed E-state index contributed by atoms with van der Waals surface area (Å²) in [5, 5.41) is 8.97. The van der Waals surface area contributed by atoms with Gasteiger partial charge in [0.2, 0.25) is 5.91 Å². The van der Waals surface area contributed by atoms with Crippen LogP contribution >= 0.6 is 27.7 Å². The Hall–Kier alpha value is -2.12. The SMILES string of the molecule is COc1ccc(Br)cc1/C=N\N=C1\S[C@H](C)C(=O)N1Cc1ccccc1C. The third-order valence-electron chi connectivity index (χ3n) is 4.25. The van der Waals surface area contributed by atoms with Crippen LogP contribution in [-0.2, 0) is 11.3 Å². The molecule has 0 bridgehead atoms. The van der Waals surface area contributed by atoms with Gasteiger partial charge in [0, 0.05) is 10.0 Å². The molecule has 3 rings (SSSR count). The monoisotopic (exact) mass is 445 g/mol. The average molecular weight is 446 g/mol. The van der Waals surface area contributed by atoms with Crippen LogP contribution in [0.25, 0.3) is 0 Å². The number of amides is 1. The van der Waals surface area contributed by atoms with Gasteiger partial charge in [-0.15, -0.1) is 5.10 Å². The third kappa shape index (κ3) is 4.59. The molecule has 1 heterocycles. The maximum absolute atomic E-state index is 12.6. The van der Waals surface area contributed by atoms with Crippen LogP contribution in [0.5, 0.6) is 5.75 Å². The van der Waals surface area contributed by atoms with Crippen LogP contribution in [-0.4, -0.2) is 34.5 Å². The number of hydrogen-bond acceptors (Lipinski definition) is 5. The molecule has 0 unspecified atom stereocenters. The molecular weight excluding hydrogens is 426 g/mol. The van der Waals surface area contributed by atoms with Crippen molar-refractivity contribution in [3.05, 3.63) is 63.6 Å². The van der Waals surface area contributed by atoms with Gasteiger partial charge in [0.25, 0.3) is 0 Å².